The van der Waals surface area contributed by atoms with Gasteiger partial charge in [-0.3, -0.25) is 4.68 Å². The highest BCUT2D eigenvalue weighted by Gasteiger charge is 2.39. The summed E-state index contributed by atoms with van der Waals surface area (Å²) in [6.45, 7) is 5.27. The third-order valence-corrected chi connectivity index (χ3v) is 5.37. The predicted molar refractivity (Wildman–Crippen MR) is 74.6 cm³/mol. The summed E-state index contributed by atoms with van der Waals surface area (Å²) < 4.78 is 2.08. The summed E-state index contributed by atoms with van der Waals surface area (Å²) in [5, 5.41) is 5.03. The van der Waals surface area contributed by atoms with Crippen LogP contribution in [0.25, 0.3) is 0 Å². The molecule has 2 heterocycles. The van der Waals surface area contributed by atoms with Crippen molar-refractivity contribution < 1.29 is 0 Å². The zero-order chi connectivity index (χ0) is 12.5. The van der Waals surface area contributed by atoms with Gasteiger partial charge in [-0.25, -0.2) is 0 Å². The largest absolute Gasteiger partial charge is 0.321 e. The normalized spacial score (nSPS) is 26.4. The van der Waals surface area contributed by atoms with Gasteiger partial charge in [0, 0.05) is 11.3 Å². The molecule has 96 valence electrons. The lowest BCUT2D eigenvalue weighted by Gasteiger charge is -2.31. The van der Waals surface area contributed by atoms with Crippen molar-refractivity contribution in [2.75, 3.05) is 5.75 Å². The highest BCUT2D eigenvalue weighted by molar-refractivity contribution is 8.00. The SMILES string of the molecule is CCCn1ncc(Cl)c1C(N)C1(C)CCCS1. The molecule has 0 amide bonds. The van der Waals surface area contributed by atoms with E-state index in [1.807, 2.05) is 16.4 Å². The van der Waals surface area contributed by atoms with Crippen LogP contribution in [0.15, 0.2) is 6.20 Å². The molecule has 0 bridgehead atoms. The minimum absolute atomic E-state index is 0.0310. The summed E-state index contributed by atoms with van der Waals surface area (Å²) in [5.41, 5.74) is 7.45. The second-order valence-corrected chi connectivity index (χ2v) is 6.88. The molecule has 3 nitrogen and oxygen atoms in total. The van der Waals surface area contributed by atoms with Crippen LogP contribution < -0.4 is 5.73 Å². The molecule has 1 aliphatic rings. The zero-order valence-electron chi connectivity index (χ0n) is 10.4. The maximum atomic E-state index is 6.44. The standard InChI is InChI=1S/C12H20ClN3S/c1-3-6-16-10(9(13)8-15-16)11(14)12(2)5-4-7-17-12/h8,11H,3-7,14H2,1-2H3. The fourth-order valence-electron chi connectivity index (χ4n) is 2.41. The van der Waals surface area contributed by atoms with Crippen molar-refractivity contribution in [3.05, 3.63) is 16.9 Å². The molecule has 1 saturated heterocycles. The highest BCUT2D eigenvalue weighted by atomic mass is 35.5. The Morgan fingerprint density at radius 1 is 1.71 bits per heavy atom. The smallest absolute Gasteiger partial charge is 0.0834 e. The van der Waals surface area contributed by atoms with E-state index < -0.39 is 0 Å². The second kappa shape index (κ2) is 5.21. The first kappa shape index (κ1) is 13.2. The Labute approximate surface area is 112 Å². The van der Waals surface area contributed by atoms with E-state index in [1.165, 1.54) is 12.2 Å². The predicted octanol–water partition coefficient (Wildman–Crippen LogP) is 3.23. The Kier molecular flexibility index (Phi) is 4.06. The van der Waals surface area contributed by atoms with E-state index in [0.717, 1.165) is 25.1 Å². The summed E-state index contributed by atoms with van der Waals surface area (Å²) in [6.07, 6.45) is 5.16. The van der Waals surface area contributed by atoms with E-state index in [9.17, 15) is 0 Å². The summed E-state index contributed by atoms with van der Waals surface area (Å²) >= 11 is 8.21. The molecule has 2 atom stereocenters. The van der Waals surface area contributed by atoms with Crippen molar-refractivity contribution in [3.63, 3.8) is 0 Å². The van der Waals surface area contributed by atoms with Crippen molar-refractivity contribution >= 4 is 23.4 Å². The highest BCUT2D eigenvalue weighted by Crippen LogP contribution is 2.46. The van der Waals surface area contributed by atoms with Crippen molar-refractivity contribution in [1.82, 2.24) is 9.78 Å². The number of halogens is 1. The lowest BCUT2D eigenvalue weighted by atomic mass is 9.94. The number of hydrogen-bond donors (Lipinski definition) is 1. The molecule has 0 spiro atoms. The number of thioether (sulfide) groups is 1. The van der Waals surface area contributed by atoms with E-state index in [0.29, 0.717) is 5.02 Å². The lowest BCUT2D eigenvalue weighted by molar-refractivity contribution is 0.455. The molecule has 1 aromatic heterocycles. The molecular formula is C12H20ClN3S. The first-order valence-electron chi connectivity index (χ1n) is 6.19. The van der Waals surface area contributed by atoms with E-state index in [-0.39, 0.29) is 10.8 Å². The van der Waals surface area contributed by atoms with E-state index in [1.54, 1.807) is 6.20 Å². The summed E-state index contributed by atoms with van der Waals surface area (Å²) in [6, 6.07) is -0.0310. The Balaban J connectivity index is 2.29. The second-order valence-electron chi connectivity index (χ2n) is 4.84. The zero-order valence-corrected chi connectivity index (χ0v) is 12.0. The van der Waals surface area contributed by atoms with E-state index in [2.05, 4.69) is 18.9 Å². The number of nitrogens with two attached hydrogens (primary N) is 1. The minimum atomic E-state index is -0.0310. The van der Waals surface area contributed by atoms with Crippen molar-refractivity contribution in [2.45, 2.75) is 50.4 Å². The molecule has 1 fully saturated rings. The molecule has 1 aromatic rings. The van der Waals surface area contributed by atoms with Crippen LogP contribution in [-0.2, 0) is 6.54 Å². The summed E-state index contributed by atoms with van der Waals surface area (Å²) in [5.74, 6) is 1.20. The van der Waals surface area contributed by atoms with Gasteiger partial charge in [0.15, 0.2) is 0 Å². The Hall–Kier alpha value is -0.190. The van der Waals surface area contributed by atoms with Crippen molar-refractivity contribution in [3.8, 4) is 0 Å². The van der Waals surface area contributed by atoms with Crippen LogP contribution in [0, 0.1) is 0 Å². The lowest BCUT2D eigenvalue weighted by Crippen LogP contribution is -2.35. The Morgan fingerprint density at radius 3 is 3.06 bits per heavy atom. The van der Waals surface area contributed by atoms with Crippen LogP contribution in [0.2, 0.25) is 5.02 Å². The molecular weight excluding hydrogens is 254 g/mol. The first-order valence-corrected chi connectivity index (χ1v) is 7.55. The van der Waals surface area contributed by atoms with E-state index in [4.69, 9.17) is 17.3 Å². The number of hydrogen-bond acceptors (Lipinski definition) is 3. The fourth-order valence-corrected chi connectivity index (χ4v) is 4.00. The number of nitrogens with zero attached hydrogens (tertiary/aromatic N) is 2. The molecule has 1 aliphatic heterocycles. The Bertz CT molecular complexity index is 385. The Morgan fingerprint density at radius 2 is 2.47 bits per heavy atom. The quantitative estimate of drug-likeness (QED) is 0.916. The minimum Gasteiger partial charge on any atom is -0.321 e. The van der Waals surface area contributed by atoms with Gasteiger partial charge < -0.3 is 5.73 Å². The van der Waals surface area contributed by atoms with Gasteiger partial charge in [-0.1, -0.05) is 18.5 Å². The van der Waals surface area contributed by atoms with Crippen LogP contribution in [0.5, 0.6) is 0 Å². The number of rotatable bonds is 4. The van der Waals surface area contributed by atoms with Crippen LogP contribution in [0.1, 0.15) is 44.8 Å². The fraction of sp³-hybridized carbons (Fsp3) is 0.750. The van der Waals surface area contributed by atoms with Gasteiger partial charge in [-0.15, -0.1) is 0 Å². The third-order valence-electron chi connectivity index (χ3n) is 3.47. The molecule has 0 saturated carbocycles. The topological polar surface area (TPSA) is 43.8 Å². The molecule has 0 radical (unpaired) electrons. The monoisotopic (exact) mass is 273 g/mol. The third kappa shape index (κ3) is 2.49. The number of aryl methyl sites for hydroxylation is 1. The maximum Gasteiger partial charge on any atom is 0.0834 e. The van der Waals surface area contributed by atoms with Crippen molar-refractivity contribution in [1.29, 1.82) is 0 Å². The van der Waals surface area contributed by atoms with Gasteiger partial charge in [0.25, 0.3) is 0 Å². The summed E-state index contributed by atoms with van der Waals surface area (Å²) in [4.78, 5) is 0. The molecule has 5 heteroatoms. The maximum absolute atomic E-state index is 6.44. The number of aromatic nitrogens is 2. The van der Waals surface area contributed by atoms with Gasteiger partial charge in [0.05, 0.1) is 23.0 Å². The summed E-state index contributed by atoms with van der Waals surface area (Å²) in [7, 11) is 0. The van der Waals surface area contributed by atoms with Gasteiger partial charge in [-0.2, -0.15) is 16.9 Å². The van der Waals surface area contributed by atoms with Gasteiger partial charge >= 0.3 is 0 Å². The van der Waals surface area contributed by atoms with Gasteiger partial charge in [0.2, 0.25) is 0 Å². The molecule has 0 aromatic carbocycles. The van der Waals surface area contributed by atoms with Crippen LogP contribution in [-0.4, -0.2) is 20.3 Å². The first-order chi connectivity index (χ1) is 8.08. The van der Waals surface area contributed by atoms with Gasteiger partial charge in [-0.05, 0) is 31.9 Å². The van der Waals surface area contributed by atoms with Crippen molar-refractivity contribution in [2.24, 2.45) is 5.73 Å². The average molecular weight is 274 g/mol. The van der Waals surface area contributed by atoms with Crippen LogP contribution in [0.4, 0.5) is 0 Å². The van der Waals surface area contributed by atoms with Crippen LogP contribution in [0.3, 0.4) is 0 Å². The average Bonchev–Trinajstić information content (AvgIpc) is 2.87. The molecule has 2 N–H and O–H groups in total. The molecule has 2 unspecified atom stereocenters. The van der Waals surface area contributed by atoms with Gasteiger partial charge in [0.1, 0.15) is 0 Å². The van der Waals surface area contributed by atoms with Crippen LogP contribution >= 0.6 is 23.4 Å². The molecule has 17 heavy (non-hydrogen) atoms. The molecule has 0 aliphatic carbocycles. The molecule has 2 rings (SSSR count). The van der Waals surface area contributed by atoms with E-state index >= 15 is 0 Å².